The summed E-state index contributed by atoms with van der Waals surface area (Å²) in [5.74, 6) is -0.575. The number of hydrogen-bond acceptors (Lipinski definition) is 6. The normalized spacial score (nSPS) is 13.0. The van der Waals surface area contributed by atoms with Crippen molar-refractivity contribution in [1.82, 2.24) is 0 Å². The summed E-state index contributed by atoms with van der Waals surface area (Å²) >= 11 is 0. The van der Waals surface area contributed by atoms with E-state index in [0.29, 0.717) is 0 Å². The van der Waals surface area contributed by atoms with Gasteiger partial charge in [-0.2, -0.15) is 8.42 Å². The Morgan fingerprint density at radius 2 is 1.94 bits per heavy atom. The monoisotopic (exact) mass is 274 g/mol. The average molecular weight is 274 g/mol. The van der Waals surface area contributed by atoms with Crippen LogP contribution in [0, 0.1) is 0 Å². The van der Waals surface area contributed by atoms with Crippen molar-refractivity contribution in [2.24, 2.45) is 0 Å². The van der Waals surface area contributed by atoms with Crippen LogP contribution in [0.1, 0.15) is 6.92 Å². The van der Waals surface area contributed by atoms with Crippen LogP contribution in [-0.2, 0) is 23.8 Å². The Labute approximate surface area is 105 Å². The van der Waals surface area contributed by atoms with E-state index in [4.69, 9.17) is 9.29 Å². The molecule has 0 amide bonds. The molecule has 7 heteroatoms. The van der Waals surface area contributed by atoms with Gasteiger partial charge in [-0.05, 0) is 12.1 Å². The van der Waals surface area contributed by atoms with Crippen LogP contribution in [0.5, 0.6) is 0 Å². The lowest BCUT2D eigenvalue weighted by Gasteiger charge is -2.14. The molecule has 100 valence electrons. The van der Waals surface area contributed by atoms with Gasteiger partial charge in [0.25, 0.3) is 10.1 Å². The van der Waals surface area contributed by atoms with E-state index in [-0.39, 0.29) is 11.5 Å². The fraction of sp³-hybridized carbons (Fsp3) is 0.364. The summed E-state index contributed by atoms with van der Waals surface area (Å²) < 4.78 is 32.9. The molecule has 0 radical (unpaired) electrons. The number of aliphatic hydroxyl groups excluding tert-OH is 1. The first-order valence-corrected chi connectivity index (χ1v) is 6.59. The van der Waals surface area contributed by atoms with E-state index in [1.807, 2.05) is 0 Å². The highest BCUT2D eigenvalue weighted by Gasteiger charge is 2.22. The minimum atomic E-state index is -3.97. The molecule has 1 aromatic rings. The summed E-state index contributed by atoms with van der Waals surface area (Å²) in [5.41, 5.74) is 0. The highest BCUT2D eigenvalue weighted by molar-refractivity contribution is 7.86. The molecular formula is C11H14O6S. The van der Waals surface area contributed by atoms with Crippen LogP contribution >= 0.6 is 0 Å². The van der Waals surface area contributed by atoms with E-state index in [1.165, 1.54) is 19.1 Å². The molecule has 0 aliphatic carbocycles. The highest BCUT2D eigenvalue weighted by atomic mass is 32.2. The van der Waals surface area contributed by atoms with Gasteiger partial charge in [-0.1, -0.05) is 18.2 Å². The largest absolute Gasteiger partial charge is 0.463 e. The fourth-order valence-corrected chi connectivity index (χ4v) is 2.22. The molecule has 0 bridgehead atoms. The van der Waals surface area contributed by atoms with Crippen molar-refractivity contribution in [3.63, 3.8) is 0 Å². The maximum Gasteiger partial charge on any atom is 0.302 e. The highest BCUT2D eigenvalue weighted by Crippen LogP contribution is 2.13. The number of rotatable bonds is 6. The third-order valence-corrected chi connectivity index (χ3v) is 3.35. The number of carbonyl (C=O) groups excluding carboxylic acids is 1. The van der Waals surface area contributed by atoms with E-state index < -0.39 is 28.8 Å². The van der Waals surface area contributed by atoms with Gasteiger partial charge in [0.05, 0.1) is 11.5 Å². The lowest BCUT2D eigenvalue weighted by atomic mass is 10.4. The number of aliphatic hydroxyl groups is 1. The summed E-state index contributed by atoms with van der Waals surface area (Å²) in [6.07, 6.45) is -1.11. The first-order valence-electron chi connectivity index (χ1n) is 5.18. The second-order valence-corrected chi connectivity index (χ2v) is 5.04. The number of carbonyl (C=O) groups is 1. The van der Waals surface area contributed by atoms with Gasteiger partial charge in [-0.15, -0.1) is 0 Å². The molecule has 1 rings (SSSR count). The van der Waals surface area contributed by atoms with Crippen LogP contribution in [0.3, 0.4) is 0 Å². The standard InChI is InChI=1S/C11H14O6S/c1-9(13)16-8-10(7-12)17-18(14,15)11-5-3-2-4-6-11/h2-6,10,12H,7-8H2,1H3/t10-/m1/s1. The zero-order valence-electron chi connectivity index (χ0n) is 9.78. The first-order chi connectivity index (χ1) is 8.45. The molecule has 0 spiro atoms. The zero-order valence-corrected chi connectivity index (χ0v) is 10.6. The third-order valence-electron chi connectivity index (χ3n) is 1.97. The smallest absolute Gasteiger partial charge is 0.302 e. The number of hydrogen-bond donors (Lipinski definition) is 1. The minimum absolute atomic E-state index is 0.0220. The number of esters is 1. The van der Waals surface area contributed by atoms with Crippen molar-refractivity contribution in [1.29, 1.82) is 0 Å². The van der Waals surface area contributed by atoms with Gasteiger partial charge in [0.2, 0.25) is 0 Å². The van der Waals surface area contributed by atoms with Gasteiger partial charge < -0.3 is 9.84 Å². The summed E-state index contributed by atoms with van der Waals surface area (Å²) in [6.45, 7) is 0.289. The van der Waals surface area contributed by atoms with Crippen molar-refractivity contribution in [3.05, 3.63) is 30.3 Å². The van der Waals surface area contributed by atoms with Crippen LogP contribution in [0.15, 0.2) is 35.2 Å². The Hall–Kier alpha value is -1.44. The van der Waals surface area contributed by atoms with Gasteiger partial charge in [-0.25, -0.2) is 0 Å². The number of ether oxygens (including phenoxy) is 1. The summed E-state index contributed by atoms with van der Waals surface area (Å²) in [6, 6.07) is 7.51. The second-order valence-electron chi connectivity index (χ2n) is 3.47. The molecule has 1 atom stereocenters. The molecule has 0 aliphatic rings. The lowest BCUT2D eigenvalue weighted by Crippen LogP contribution is -2.28. The SMILES string of the molecule is CC(=O)OC[C@@H](CO)OS(=O)(=O)c1ccccc1. The van der Waals surface area contributed by atoms with Crippen molar-refractivity contribution < 1.29 is 27.2 Å². The second kappa shape index (κ2) is 6.48. The van der Waals surface area contributed by atoms with Crippen LogP contribution in [0.2, 0.25) is 0 Å². The number of benzene rings is 1. The van der Waals surface area contributed by atoms with Crippen molar-refractivity contribution in [3.8, 4) is 0 Å². The maximum atomic E-state index is 11.8. The van der Waals surface area contributed by atoms with E-state index in [0.717, 1.165) is 0 Å². The quantitative estimate of drug-likeness (QED) is 0.593. The molecule has 0 aromatic heterocycles. The fourth-order valence-electron chi connectivity index (χ4n) is 1.14. The molecule has 0 aliphatic heterocycles. The Morgan fingerprint density at radius 1 is 1.33 bits per heavy atom. The topological polar surface area (TPSA) is 89.9 Å². The van der Waals surface area contributed by atoms with Gasteiger partial charge in [0.15, 0.2) is 0 Å². The summed E-state index contributed by atoms with van der Waals surface area (Å²) in [5, 5.41) is 8.97. The van der Waals surface area contributed by atoms with Crippen molar-refractivity contribution in [2.75, 3.05) is 13.2 Å². The molecule has 18 heavy (non-hydrogen) atoms. The summed E-state index contributed by atoms with van der Waals surface area (Å²) in [4.78, 5) is 10.6. The van der Waals surface area contributed by atoms with Crippen LogP contribution < -0.4 is 0 Å². The van der Waals surface area contributed by atoms with Gasteiger partial charge in [0, 0.05) is 6.92 Å². The van der Waals surface area contributed by atoms with Gasteiger partial charge in [0.1, 0.15) is 12.7 Å². The van der Waals surface area contributed by atoms with E-state index in [9.17, 15) is 13.2 Å². The van der Waals surface area contributed by atoms with E-state index in [1.54, 1.807) is 18.2 Å². The lowest BCUT2D eigenvalue weighted by molar-refractivity contribution is -0.143. The van der Waals surface area contributed by atoms with Crippen molar-refractivity contribution >= 4 is 16.1 Å². The minimum Gasteiger partial charge on any atom is -0.463 e. The van der Waals surface area contributed by atoms with Gasteiger partial charge >= 0.3 is 5.97 Å². The van der Waals surface area contributed by atoms with Crippen molar-refractivity contribution in [2.45, 2.75) is 17.9 Å². The van der Waals surface area contributed by atoms with Crippen LogP contribution in [-0.4, -0.2) is 38.8 Å². The van der Waals surface area contributed by atoms with E-state index >= 15 is 0 Å². The molecule has 0 unspecified atom stereocenters. The molecule has 1 aromatic carbocycles. The van der Waals surface area contributed by atoms with Crippen LogP contribution in [0.25, 0.3) is 0 Å². The molecule has 1 N–H and O–H groups in total. The zero-order chi connectivity index (χ0) is 13.6. The predicted octanol–water partition coefficient (Wildman–Crippen LogP) is 0.316. The average Bonchev–Trinajstić information content (AvgIpc) is 2.35. The maximum absolute atomic E-state index is 11.8. The molecule has 0 saturated heterocycles. The molecule has 0 fully saturated rings. The van der Waals surface area contributed by atoms with Gasteiger partial charge in [-0.3, -0.25) is 8.98 Å². The van der Waals surface area contributed by atoms with Crippen LogP contribution in [0.4, 0.5) is 0 Å². The Balaban J connectivity index is 2.72. The predicted molar refractivity (Wildman–Crippen MR) is 62.2 cm³/mol. The molecule has 6 nitrogen and oxygen atoms in total. The Morgan fingerprint density at radius 3 is 2.44 bits per heavy atom. The molecule has 0 saturated carbocycles. The molecular weight excluding hydrogens is 260 g/mol. The third kappa shape index (κ3) is 4.44. The Kier molecular flexibility index (Phi) is 5.26. The summed E-state index contributed by atoms with van der Waals surface area (Å²) in [7, 11) is -3.97. The first kappa shape index (κ1) is 14.6. The molecule has 0 heterocycles. The Bertz CT molecular complexity index is 482. The van der Waals surface area contributed by atoms with E-state index in [2.05, 4.69) is 4.74 Å².